The van der Waals surface area contributed by atoms with Gasteiger partial charge < -0.3 is 48.5 Å². The molecular weight excluding hydrogens is 837 g/mol. The standard InChI is InChI=1S/C33H52N4O10S4.8CH4/c1-34-29(38)23-42-13-17-46-27-33(28-47-18-14-43-24-30(39)35-2,25-44-15-11-40-19-21-48-50-31-7-3-5-9-36-31)26-45-16-12-41-20-22-49-51-32-8-4-6-10-37-32;;;;;;;;/h3-10H,11-28H2,1-2H3,(H,34,38)(H,35,39);8*1H4. The first kappa shape index (κ1) is 71.8. The first-order valence-corrected chi connectivity index (χ1v) is 21.1. The number of carbonyl (C=O) groups excluding carboxylic acids is 2. The third kappa shape index (κ3) is 40.2. The summed E-state index contributed by atoms with van der Waals surface area (Å²) in [6.45, 7) is 4.77. The van der Waals surface area contributed by atoms with Gasteiger partial charge in [0.05, 0.1) is 97.9 Å². The van der Waals surface area contributed by atoms with Crippen molar-refractivity contribution in [3.8, 4) is 0 Å². The lowest BCUT2D eigenvalue weighted by Crippen LogP contribution is -2.43. The van der Waals surface area contributed by atoms with Gasteiger partial charge >= 0.3 is 0 Å². The Labute approximate surface area is 376 Å². The molecule has 18 heteroatoms. The molecule has 2 aromatic rings. The van der Waals surface area contributed by atoms with Crippen molar-refractivity contribution in [2.75, 3.05) is 131 Å². The van der Waals surface area contributed by atoms with E-state index in [1.165, 1.54) is 0 Å². The van der Waals surface area contributed by atoms with E-state index in [9.17, 15) is 9.59 Å². The average Bonchev–Trinajstić information content (AvgIpc) is 3.16. The molecule has 0 aliphatic carbocycles. The van der Waals surface area contributed by atoms with Crippen LogP contribution < -0.4 is 10.6 Å². The maximum Gasteiger partial charge on any atom is 0.245 e. The van der Waals surface area contributed by atoms with Crippen molar-refractivity contribution in [3.63, 3.8) is 0 Å². The summed E-state index contributed by atoms with van der Waals surface area (Å²) in [5.41, 5.74) is -0.675. The Kier molecular flexibility index (Phi) is 61.7. The summed E-state index contributed by atoms with van der Waals surface area (Å²) in [6.07, 6.45) is 3.56. The van der Waals surface area contributed by atoms with Gasteiger partial charge in [-0.3, -0.25) is 9.59 Å². The van der Waals surface area contributed by atoms with Gasteiger partial charge in [0.15, 0.2) is 0 Å². The van der Waals surface area contributed by atoms with Crippen LogP contribution in [0.2, 0.25) is 0 Å². The summed E-state index contributed by atoms with van der Waals surface area (Å²) in [4.78, 5) is 31.5. The fraction of sp³-hybridized carbons (Fsp3) is 0.707. The molecule has 0 saturated carbocycles. The van der Waals surface area contributed by atoms with Crippen molar-refractivity contribution in [3.05, 3.63) is 48.8 Å². The van der Waals surface area contributed by atoms with Crippen molar-refractivity contribution in [2.24, 2.45) is 5.41 Å². The van der Waals surface area contributed by atoms with Crippen molar-refractivity contribution >= 4 is 55.0 Å². The van der Waals surface area contributed by atoms with E-state index in [1.807, 2.05) is 36.4 Å². The Morgan fingerprint density at radius 1 is 0.492 bits per heavy atom. The zero-order chi connectivity index (χ0) is 36.5. The Morgan fingerprint density at radius 3 is 1.12 bits per heavy atom. The lowest BCUT2D eigenvalue weighted by atomic mass is 9.92. The molecular formula is C41H84N4O10S4. The smallest absolute Gasteiger partial charge is 0.245 e. The Hall–Kier alpha value is -1.68. The van der Waals surface area contributed by atoms with Crippen molar-refractivity contribution in [2.45, 2.75) is 69.5 Å². The molecule has 0 unspecified atom stereocenters. The number of rotatable bonds is 34. The summed E-state index contributed by atoms with van der Waals surface area (Å²) in [6, 6.07) is 11.7. The topological polar surface area (TPSA) is 158 Å². The monoisotopic (exact) mass is 921 g/mol. The number of likely N-dealkylation sites (N-methyl/N-ethyl adjacent to an activating group) is 2. The van der Waals surface area contributed by atoms with Crippen LogP contribution in [0.15, 0.2) is 58.8 Å². The third-order valence-electron chi connectivity index (χ3n) is 6.33. The number of ether oxygens (including phenoxy) is 8. The molecule has 0 fully saturated rings. The molecule has 2 rings (SSSR count). The molecule has 0 saturated heterocycles. The molecule has 2 N–H and O–H groups in total. The Morgan fingerprint density at radius 2 is 0.814 bits per heavy atom. The van der Waals surface area contributed by atoms with Crippen molar-refractivity contribution in [1.82, 2.24) is 20.6 Å². The van der Waals surface area contributed by atoms with Crippen molar-refractivity contribution in [1.29, 1.82) is 0 Å². The molecule has 0 radical (unpaired) electrons. The first-order valence-electron chi connectivity index (χ1n) is 16.5. The minimum absolute atomic E-state index is 0. The molecule has 14 nitrogen and oxygen atoms in total. The van der Waals surface area contributed by atoms with Gasteiger partial charge in [-0.2, -0.15) is 0 Å². The molecule has 0 aliphatic heterocycles. The highest BCUT2D eigenvalue weighted by atomic mass is 33.1. The van der Waals surface area contributed by atoms with Crippen molar-refractivity contribution < 1.29 is 47.5 Å². The van der Waals surface area contributed by atoms with Crippen LogP contribution in [0.3, 0.4) is 0 Å². The Balaban J connectivity index is -0.000000676. The summed E-state index contributed by atoms with van der Waals surface area (Å²) in [5, 5.41) is 6.97. The van der Waals surface area contributed by atoms with Crippen LogP contribution in [0, 0.1) is 5.41 Å². The number of nitrogens with one attached hydrogen (secondary N) is 2. The normalized spacial score (nSPS) is 9.93. The van der Waals surface area contributed by atoms with Crippen LogP contribution in [-0.2, 0) is 47.5 Å². The van der Waals surface area contributed by atoms with Gasteiger partial charge in [0.2, 0.25) is 11.8 Å². The first-order chi connectivity index (χ1) is 25.1. The van der Waals surface area contributed by atoms with Crippen LogP contribution in [-0.4, -0.2) is 153 Å². The fourth-order valence-corrected chi connectivity index (χ4v) is 7.22. The van der Waals surface area contributed by atoms with Gasteiger partial charge in [0, 0.05) is 38.0 Å². The SMILES string of the molecule is C.C.C.C.C.C.C.C.CNC(=O)COCCOCC(COCCOCCSSc1ccccn1)(COCCOCCSSc1ccccn1)COCCOCC(=O)NC. The van der Waals surface area contributed by atoms with Crippen LogP contribution in [0.5, 0.6) is 0 Å². The largest absolute Gasteiger partial charge is 0.378 e. The van der Waals surface area contributed by atoms with Gasteiger partial charge in [-0.15, -0.1) is 0 Å². The van der Waals surface area contributed by atoms with Crippen LogP contribution in [0.4, 0.5) is 0 Å². The minimum atomic E-state index is -0.675. The molecule has 352 valence electrons. The maximum atomic E-state index is 11.5. The van der Waals surface area contributed by atoms with E-state index in [2.05, 4.69) is 20.6 Å². The minimum Gasteiger partial charge on any atom is -0.378 e. The summed E-state index contributed by atoms with van der Waals surface area (Å²) >= 11 is 0. The second-order valence-corrected chi connectivity index (χ2v) is 15.4. The number of nitrogens with zero attached hydrogens (tertiary/aromatic N) is 2. The lowest BCUT2D eigenvalue weighted by molar-refractivity contribution is -0.130. The zero-order valence-electron chi connectivity index (χ0n) is 29.5. The van der Waals surface area contributed by atoms with Gasteiger partial charge in [0.1, 0.15) is 23.3 Å². The number of hydrogen-bond donors (Lipinski definition) is 2. The van der Waals surface area contributed by atoms with E-state index in [0.29, 0.717) is 39.6 Å². The average molecular weight is 921 g/mol. The fourth-order valence-electron chi connectivity index (χ4n) is 3.74. The zero-order valence-corrected chi connectivity index (χ0v) is 32.7. The molecule has 0 atom stereocenters. The van der Waals surface area contributed by atoms with E-state index < -0.39 is 5.41 Å². The summed E-state index contributed by atoms with van der Waals surface area (Å²) in [7, 11) is 9.72. The number of amides is 2. The third-order valence-corrected chi connectivity index (χ3v) is 10.8. The molecule has 59 heavy (non-hydrogen) atoms. The molecule has 0 aromatic carbocycles. The maximum absolute atomic E-state index is 11.5. The van der Waals surface area contributed by atoms with Crippen LogP contribution >= 0.6 is 43.2 Å². The van der Waals surface area contributed by atoms with Crippen LogP contribution in [0.25, 0.3) is 0 Å². The molecule has 0 spiro atoms. The molecule has 0 aliphatic rings. The Bertz CT molecular complexity index is 1050. The number of hydrogen-bond acceptors (Lipinski definition) is 16. The highest BCUT2D eigenvalue weighted by Gasteiger charge is 2.32. The lowest BCUT2D eigenvalue weighted by Gasteiger charge is -2.33. The van der Waals surface area contributed by atoms with E-state index in [-0.39, 0.29) is 137 Å². The van der Waals surface area contributed by atoms with Gasteiger partial charge in [-0.05, 0) is 45.9 Å². The van der Waals surface area contributed by atoms with E-state index in [0.717, 1.165) is 21.6 Å². The van der Waals surface area contributed by atoms with E-state index >= 15 is 0 Å². The molecule has 0 bridgehead atoms. The number of carbonyl (C=O) groups is 2. The number of pyridine rings is 2. The molecule has 2 amide bonds. The predicted octanol–water partition coefficient (Wildman–Crippen LogP) is 8.36. The number of aromatic nitrogens is 2. The summed E-state index contributed by atoms with van der Waals surface area (Å²) < 4.78 is 46.5. The quantitative estimate of drug-likeness (QED) is 0.0509. The molecule has 2 heterocycles. The highest BCUT2D eigenvalue weighted by Crippen LogP contribution is 2.29. The van der Waals surface area contributed by atoms with E-state index in [4.69, 9.17) is 37.9 Å². The predicted molar refractivity (Wildman–Crippen MR) is 256 cm³/mol. The highest BCUT2D eigenvalue weighted by molar-refractivity contribution is 8.77. The van der Waals surface area contributed by atoms with Gasteiger partial charge in [0.25, 0.3) is 0 Å². The van der Waals surface area contributed by atoms with E-state index in [1.54, 1.807) is 69.7 Å². The van der Waals surface area contributed by atoms with Gasteiger partial charge in [-0.1, -0.05) is 93.1 Å². The van der Waals surface area contributed by atoms with Crippen LogP contribution in [0.1, 0.15) is 59.4 Å². The summed E-state index contributed by atoms with van der Waals surface area (Å²) in [5.74, 6) is 1.21. The molecule has 2 aromatic heterocycles. The second kappa shape index (κ2) is 50.7. The second-order valence-electron chi connectivity index (χ2n) is 10.5. The van der Waals surface area contributed by atoms with Gasteiger partial charge in [-0.25, -0.2) is 9.97 Å².